The summed E-state index contributed by atoms with van der Waals surface area (Å²) in [4.78, 5) is 72.7. The third-order valence-electron chi connectivity index (χ3n) is 17.9. The molecule has 0 aromatic carbocycles. The fourth-order valence-corrected chi connectivity index (χ4v) is 12.5. The second kappa shape index (κ2) is 62.6. The Morgan fingerprint density at radius 3 is 0.772 bits per heavy atom. The highest BCUT2D eigenvalue weighted by molar-refractivity contribution is 7.47. The topological polar surface area (TPSA) is 237 Å². The first-order valence-corrected chi connectivity index (χ1v) is 40.8. The number of hydrogen-bond donors (Lipinski definition) is 3. The van der Waals surface area contributed by atoms with Crippen molar-refractivity contribution >= 4 is 39.5 Å². The summed E-state index contributed by atoms with van der Waals surface area (Å²) in [6.45, 7) is 14.2. The van der Waals surface area contributed by atoms with Crippen molar-refractivity contribution in [1.29, 1.82) is 0 Å². The molecule has 0 aromatic rings. The van der Waals surface area contributed by atoms with Gasteiger partial charge in [-0.15, -0.1) is 0 Å². The van der Waals surface area contributed by atoms with Gasteiger partial charge < -0.3 is 33.8 Å². The van der Waals surface area contributed by atoms with Crippen LogP contribution in [-0.4, -0.2) is 96.7 Å². The first-order valence-electron chi connectivity index (χ1n) is 37.8. The Kier molecular flexibility index (Phi) is 61.3. The number of phosphoric ester groups is 2. The van der Waals surface area contributed by atoms with Crippen LogP contribution in [0.25, 0.3) is 0 Å². The number of phosphoric acid groups is 2. The molecular weight excluding hydrogens is 1210 g/mol. The number of aliphatic hydroxyl groups is 1. The van der Waals surface area contributed by atoms with Crippen LogP contribution in [0.4, 0.5) is 0 Å². The maximum absolute atomic E-state index is 13.0. The van der Waals surface area contributed by atoms with Crippen LogP contribution in [0, 0.1) is 23.7 Å². The van der Waals surface area contributed by atoms with Crippen LogP contribution < -0.4 is 0 Å². The minimum atomic E-state index is -4.95. The predicted molar refractivity (Wildman–Crippen MR) is 372 cm³/mol. The van der Waals surface area contributed by atoms with Crippen LogP contribution >= 0.6 is 15.6 Å². The van der Waals surface area contributed by atoms with E-state index in [9.17, 15) is 43.2 Å². The predicted octanol–water partition coefficient (Wildman–Crippen LogP) is 20.9. The van der Waals surface area contributed by atoms with Gasteiger partial charge in [-0.25, -0.2) is 9.13 Å². The molecule has 0 spiro atoms. The SMILES string of the molecule is CCC(C)CCCCCCCCCCCCC(=O)OC[C@H](COP(=O)(O)OC[C@@H](O)COP(=O)(O)OC[C@@H](COC(=O)CCCCCCCCC(C)CC)OC(=O)CCCCCCCCCCCCCCCC(C)C)OC(=O)CCCCCCCCCCC(C)CC. The average Bonchev–Trinajstić information content (AvgIpc) is 3.05. The van der Waals surface area contributed by atoms with Crippen molar-refractivity contribution in [3.63, 3.8) is 0 Å². The molecule has 0 amide bonds. The molecule has 0 aliphatic carbocycles. The van der Waals surface area contributed by atoms with Gasteiger partial charge in [-0.2, -0.15) is 0 Å². The molecule has 546 valence electrons. The number of esters is 4. The van der Waals surface area contributed by atoms with Gasteiger partial charge in [0, 0.05) is 25.7 Å². The van der Waals surface area contributed by atoms with Crippen molar-refractivity contribution < 1.29 is 80.2 Å². The van der Waals surface area contributed by atoms with Crippen LogP contribution in [-0.2, 0) is 65.4 Å². The Morgan fingerprint density at radius 2 is 0.522 bits per heavy atom. The lowest BCUT2D eigenvalue weighted by Gasteiger charge is -2.21. The fraction of sp³-hybridized carbons (Fsp3) is 0.945. The summed E-state index contributed by atoms with van der Waals surface area (Å²) in [5, 5.41) is 10.6. The summed E-state index contributed by atoms with van der Waals surface area (Å²) in [5.41, 5.74) is 0. The summed E-state index contributed by atoms with van der Waals surface area (Å²) in [6.07, 6.45) is 45.7. The van der Waals surface area contributed by atoms with E-state index in [1.807, 2.05) is 0 Å². The zero-order chi connectivity index (χ0) is 68.2. The molecule has 0 radical (unpaired) electrons. The second-order valence-electron chi connectivity index (χ2n) is 27.5. The van der Waals surface area contributed by atoms with E-state index < -0.39 is 97.5 Å². The number of hydrogen-bond acceptors (Lipinski definition) is 15. The Bertz CT molecular complexity index is 1820. The minimum absolute atomic E-state index is 0.104. The number of carbonyl (C=O) groups is 4. The molecule has 0 aliphatic rings. The second-order valence-corrected chi connectivity index (χ2v) is 30.4. The van der Waals surface area contributed by atoms with Gasteiger partial charge in [0.25, 0.3) is 0 Å². The van der Waals surface area contributed by atoms with Gasteiger partial charge in [-0.1, -0.05) is 312 Å². The van der Waals surface area contributed by atoms with Crippen LogP contribution in [0.1, 0.15) is 364 Å². The van der Waals surface area contributed by atoms with Crippen molar-refractivity contribution in [2.24, 2.45) is 23.7 Å². The summed E-state index contributed by atoms with van der Waals surface area (Å²) >= 11 is 0. The Balaban J connectivity index is 5.26. The molecule has 0 bridgehead atoms. The molecule has 0 saturated heterocycles. The van der Waals surface area contributed by atoms with Gasteiger partial charge in [-0.3, -0.25) is 37.3 Å². The van der Waals surface area contributed by atoms with Crippen LogP contribution in [0.15, 0.2) is 0 Å². The highest BCUT2D eigenvalue weighted by Crippen LogP contribution is 2.45. The Morgan fingerprint density at radius 1 is 0.304 bits per heavy atom. The third kappa shape index (κ3) is 62.8. The summed E-state index contributed by atoms with van der Waals surface area (Å²) < 4.78 is 68.4. The van der Waals surface area contributed by atoms with Crippen LogP contribution in [0.3, 0.4) is 0 Å². The molecule has 3 N–H and O–H groups in total. The maximum Gasteiger partial charge on any atom is 0.472 e. The summed E-state index contributed by atoms with van der Waals surface area (Å²) in [5.74, 6) is 0.970. The molecule has 0 rings (SSSR count). The summed E-state index contributed by atoms with van der Waals surface area (Å²) in [6, 6.07) is 0. The first kappa shape index (κ1) is 90.1. The molecule has 0 aliphatic heterocycles. The lowest BCUT2D eigenvalue weighted by Crippen LogP contribution is -2.30. The first-order chi connectivity index (χ1) is 44.2. The number of aliphatic hydroxyl groups excluding tert-OH is 1. The van der Waals surface area contributed by atoms with Crippen LogP contribution in [0.5, 0.6) is 0 Å². The zero-order valence-electron chi connectivity index (χ0n) is 60.2. The van der Waals surface area contributed by atoms with E-state index in [4.69, 9.17) is 37.0 Å². The lowest BCUT2D eigenvalue weighted by atomic mass is 9.99. The zero-order valence-corrected chi connectivity index (χ0v) is 62.0. The number of ether oxygens (including phenoxy) is 4. The van der Waals surface area contributed by atoms with Gasteiger partial charge >= 0.3 is 39.5 Å². The minimum Gasteiger partial charge on any atom is -0.462 e. The van der Waals surface area contributed by atoms with E-state index >= 15 is 0 Å². The van der Waals surface area contributed by atoms with E-state index in [2.05, 4.69) is 55.4 Å². The molecule has 5 unspecified atom stereocenters. The normalized spacial score (nSPS) is 15.1. The van der Waals surface area contributed by atoms with Crippen molar-refractivity contribution in [3.8, 4) is 0 Å². The summed E-state index contributed by atoms with van der Waals surface area (Å²) in [7, 11) is -9.91. The van der Waals surface area contributed by atoms with E-state index in [1.165, 1.54) is 161 Å². The molecule has 19 heteroatoms. The highest BCUT2D eigenvalue weighted by atomic mass is 31.2. The molecule has 0 saturated carbocycles. The Hall–Kier alpha value is -1.94. The third-order valence-corrected chi connectivity index (χ3v) is 19.8. The molecule has 17 nitrogen and oxygen atoms in total. The number of carbonyl (C=O) groups excluding carboxylic acids is 4. The van der Waals surface area contributed by atoms with Gasteiger partial charge in [0.05, 0.1) is 26.4 Å². The Labute approximate surface area is 562 Å². The van der Waals surface area contributed by atoms with Gasteiger partial charge in [0.15, 0.2) is 12.2 Å². The standard InChI is InChI=1S/C73H142O17P2/c1-9-64(6)50-42-34-26-20-17-18-21-28-37-45-53-70(75)83-59-68(90-73(78)56-48-40-30-24-23-27-35-43-51-65(7)10-2)61-87-91(79,80)85-57-67(74)58-86-92(81,82)88-62-69(60-84-71(76)54-46-38-32-31-36-44-52-66(8)11-3)89-72(77)55-47-39-29-22-16-14-12-13-15-19-25-33-41-49-63(4)5/h63-69,74H,9-62H2,1-8H3,(H,79,80)(H,81,82)/t64?,65?,66?,67-,68-,69-/m1/s1. The van der Waals surface area contributed by atoms with E-state index in [0.717, 1.165) is 120 Å². The van der Waals surface area contributed by atoms with E-state index in [1.54, 1.807) is 0 Å². The number of rotatable bonds is 70. The van der Waals surface area contributed by atoms with Crippen molar-refractivity contribution in [2.45, 2.75) is 382 Å². The van der Waals surface area contributed by atoms with Crippen LogP contribution in [0.2, 0.25) is 0 Å². The highest BCUT2D eigenvalue weighted by Gasteiger charge is 2.30. The van der Waals surface area contributed by atoms with Gasteiger partial charge in [0.2, 0.25) is 0 Å². The molecule has 0 aromatic heterocycles. The fourth-order valence-electron chi connectivity index (χ4n) is 10.9. The van der Waals surface area contributed by atoms with Gasteiger partial charge in [0.1, 0.15) is 19.3 Å². The molecule has 8 atom stereocenters. The largest absolute Gasteiger partial charge is 0.472 e. The van der Waals surface area contributed by atoms with Crippen molar-refractivity contribution in [2.75, 3.05) is 39.6 Å². The quantitative estimate of drug-likeness (QED) is 0.0222. The van der Waals surface area contributed by atoms with Crippen molar-refractivity contribution in [1.82, 2.24) is 0 Å². The lowest BCUT2D eigenvalue weighted by molar-refractivity contribution is -0.161. The molecule has 0 heterocycles. The average molecular weight is 1350 g/mol. The monoisotopic (exact) mass is 1350 g/mol. The van der Waals surface area contributed by atoms with Crippen molar-refractivity contribution in [3.05, 3.63) is 0 Å². The van der Waals surface area contributed by atoms with E-state index in [-0.39, 0.29) is 25.7 Å². The molecule has 92 heavy (non-hydrogen) atoms. The van der Waals surface area contributed by atoms with E-state index in [0.29, 0.717) is 25.7 Å². The smallest absolute Gasteiger partial charge is 0.462 e. The van der Waals surface area contributed by atoms with Gasteiger partial charge in [-0.05, 0) is 49.4 Å². The molecule has 0 fully saturated rings. The molecular formula is C73H142O17P2. The maximum atomic E-state index is 13.0. The number of unbranched alkanes of at least 4 members (excludes halogenated alkanes) is 33.